The number of aldehydes is 1. The number of aromatic hydroxyl groups is 1. The number of rotatable bonds is 4. The van der Waals surface area contributed by atoms with Crippen LogP contribution in [0.2, 0.25) is 0 Å². The predicted molar refractivity (Wildman–Crippen MR) is 57.1 cm³/mol. The molecule has 0 aliphatic rings. The van der Waals surface area contributed by atoms with Gasteiger partial charge >= 0.3 is 0 Å². The zero-order valence-electron chi connectivity index (χ0n) is 8.82. The lowest BCUT2D eigenvalue weighted by Gasteiger charge is -2.16. The number of carbonyl (C=O) groups excluding carboxylic acids is 1. The zero-order chi connectivity index (χ0) is 11.4. The van der Waals surface area contributed by atoms with Gasteiger partial charge in [-0.25, -0.2) is 0 Å². The monoisotopic (exact) mass is 209 g/mol. The van der Waals surface area contributed by atoms with Crippen molar-refractivity contribution in [3.8, 4) is 5.75 Å². The van der Waals surface area contributed by atoms with Crippen LogP contribution >= 0.6 is 0 Å². The van der Waals surface area contributed by atoms with Crippen molar-refractivity contribution in [2.75, 3.05) is 13.7 Å². The molecule has 0 bridgehead atoms. The maximum atomic E-state index is 10.7. The fourth-order valence-corrected chi connectivity index (χ4v) is 1.54. The number of hydrogen-bond donors (Lipinski definition) is 3. The molecule has 0 aliphatic heterocycles. The number of aliphatic hydroxyl groups is 1. The second kappa shape index (κ2) is 4.91. The van der Waals surface area contributed by atoms with Crippen LogP contribution in [0.15, 0.2) is 12.1 Å². The predicted octanol–water partition coefficient (Wildman–Crippen LogP) is 0.766. The number of phenolic OH excluding ortho intramolecular Hbond substituents is 1. The lowest BCUT2D eigenvalue weighted by Crippen LogP contribution is -2.20. The molecular weight excluding hydrogens is 194 g/mol. The molecule has 0 spiro atoms. The summed E-state index contributed by atoms with van der Waals surface area (Å²) in [6.07, 6.45) is 0.607. The number of carbonyl (C=O) groups is 1. The van der Waals surface area contributed by atoms with Gasteiger partial charge in [0.2, 0.25) is 0 Å². The van der Waals surface area contributed by atoms with Crippen LogP contribution in [-0.2, 0) is 0 Å². The molecule has 0 radical (unpaired) electrons. The van der Waals surface area contributed by atoms with E-state index in [4.69, 9.17) is 5.11 Å². The fourth-order valence-electron chi connectivity index (χ4n) is 1.54. The minimum atomic E-state index is -0.358. The number of nitrogens with one attached hydrogen (secondary N) is 1. The molecular formula is C11H15NO3. The smallest absolute Gasteiger partial charge is 0.153 e. The van der Waals surface area contributed by atoms with Crippen LogP contribution in [0.1, 0.15) is 27.5 Å². The summed E-state index contributed by atoms with van der Waals surface area (Å²) < 4.78 is 0. The third-order valence-electron chi connectivity index (χ3n) is 2.35. The van der Waals surface area contributed by atoms with Gasteiger partial charge in [-0.15, -0.1) is 0 Å². The van der Waals surface area contributed by atoms with E-state index in [2.05, 4.69) is 5.32 Å². The summed E-state index contributed by atoms with van der Waals surface area (Å²) >= 11 is 0. The minimum absolute atomic E-state index is 0.0657. The molecule has 15 heavy (non-hydrogen) atoms. The first-order valence-corrected chi connectivity index (χ1v) is 4.70. The lowest BCUT2D eigenvalue weighted by atomic mass is 10.00. The molecule has 0 saturated carbocycles. The highest BCUT2D eigenvalue weighted by atomic mass is 16.3. The molecule has 0 fully saturated rings. The Morgan fingerprint density at radius 2 is 2.20 bits per heavy atom. The van der Waals surface area contributed by atoms with E-state index in [9.17, 15) is 9.90 Å². The van der Waals surface area contributed by atoms with E-state index in [-0.39, 0.29) is 24.0 Å². The summed E-state index contributed by atoms with van der Waals surface area (Å²) in [5.74, 6) is -0.0657. The van der Waals surface area contributed by atoms with Crippen molar-refractivity contribution in [2.24, 2.45) is 0 Å². The van der Waals surface area contributed by atoms with E-state index in [1.165, 1.54) is 0 Å². The van der Waals surface area contributed by atoms with Crippen molar-refractivity contribution < 1.29 is 15.0 Å². The summed E-state index contributed by atoms with van der Waals surface area (Å²) in [7, 11) is 1.68. The van der Waals surface area contributed by atoms with Crippen molar-refractivity contribution in [1.29, 1.82) is 0 Å². The summed E-state index contributed by atoms with van der Waals surface area (Å²) in [6.45, 7) is 1.70. The van der Waals surface area contributed by atoms with Gasteiger partial charge in [-0.05, 0) is 25.6 Å². The van der Waals surface area contributed by atoms with Gasteiger partial charge in [-0.3, -0.25) is 4.79 Å². The standard InChI is InChI=1S/C11H15NO3/c1-7-3-8(5-13)11(15)9(4-7)10(6-14)12-2/h3-5,10,12,14-15H,6H2,1-2H3/t10-/m1/s1. The number of aryl methyl sites for hydroxylation is 1. The third kappa shape index (κ3) is 2.34. The van der Waals surface area contributed by atoms with Crippen LogP contribution in [0.3, 0.4) is 0 Å². The lowest BCUT2D eigenvalue weighted by molar-refractivity contribution is 0.112. The van der Waals surface area contributed by atoms with E-state index < -0.39 is 0 Å². The summed E-state index contributed by atoms with van der Waals surface area (Å²) in [6, 6.07) is 3.00. The molecule has 0 aliphatic carbocycles. The van der Waals surface area contributed by atoms with Crippen molar-refractivity contribution in [3.05, 3.63) is 28.8 Å². The Kier molecular flexibility index (Phi) is 3.82. The number of likely N-dealkylation sites (N-methyl/N-ethyl adjacent to an activating group) is 1. The maximum absolute atomic E-state index is 10.7. The Bertz CT molecular complexity index is 359. The number of aliphatic hydroxyl groups excluding tert-OH is 1. The molecule has 1 atom stereocenters. The number of benzene rings is 1. The highest BCUT2D eigenvalue weighted by molar-refractivity contribution is 5.80. The first-order valence-electron chi connectivity index (χ1n) is 4.70. The molecule has 1 aromatic carbocycles. The highest BCUT2D eigenvalue weighted by Crippen LogP contribution is 2.28. The summed E-state index contributed by atoms with van der Waals surface area (Å²) in [5, 5.41) is 21.7. The third-order valence-corrected chi connectivity index (χ3v) is 2.35. The maximum Gasteiger partial charge on any atom is 0.153 e. The molecule has 4 nitrogen and oxygen atoms in total. The van der Waals surface area contributed by atoms with Crippen LogP contribution in [0.25, 0.3) is 0 Å². The largest absolute Gasteiger partial charge is 0.507 e. The molecule has 0 unspecified atom stereocenters. The van der Waals surface area contributed by atoms with Gasteiger partial charge in [-0.2, -0.15) is 0 Å². The van der Waals surface area contributed by atoms with Crippen molar-refractivity contribution in [3.63, 3.8) is 0 Å². The van der Waals surface area contributed by atoms with Crippen molar-refractivity contribution in [2.45, 2.75) is 13.0 Å². The average molecular weight is 209 g/mol. The molecule has 0 aromatic heterocycles. The zero-order valence-corrected chi connectivity index (χ0v) is 8.82. The van der Waals surface area contributed by atoms with Gasteiger partial charge in [0, 0.05) is 5.56 Å². The SMILES string of the molecule is CN[C@H](CO)c1cc(C)cc(C=O)c1O. The van der Waals surface area contributed by atoms with Gasteiger partial charge in [0.15, 0.2) is 6.29 Å². The molecule has 4 heteroatoms. The highest BCUT2D eigenvalue weighted by Gasteiger charge is 2.15. The normalized spacial score (nSPS) is 12.5. The van der Waals surface area contributed by atoms with Gasteiger partial charge in [0.25, 0.3) is 0 Å². The molecule has 0 saturated heterocycles. The van der Waals surface area contributed by atoms with Crippen LogP contribution in [-0.4, -0.2) is 30.2 Å². The van der Waals surface area contributed by atoms with Crippen molar-refractivity contribution >= 4 is 6.29 Å². The number of hydrogen-bond acceptors (Lipinski definition) is 4. The Morgan fingerprint density at radius 3 is 2.67 bits per heavy atom. The van der Waals surface area contributed by atoms with E-state index in [0.717, 1.165) is 5.56 Å². The first-order chi connectivity index (χ1) is 7.13. The molecule has 1 rings (SSSR count). The Labute approximate surface area is 88.6 Å². The van der Waals surface area contributed by atoms with Gasteiger partial charge < -0.3 is 15.5 Å². The van der Waals surface area contributed by atoms with Crippen LogP contribution in [0.5, 0.6) is 5.75 Å². The fraction of sp³-hybridized carbons (Fsp3) is 0.364. The van der Waals surface area contributed by atoms with Crippen molar-refractivity contribution in [1.82, 2.24) is 5.32 Å². The molecule has 0 heterocycles. The van der Waals surface area contributed by atoms with E-state index in [1.807, 2.05) is 6.92 Å². The molecule has 3 N–H and O–H groups in total. The van der Waals surface area contributed by atoms with Crippen LogP contribution < -0.4 is 5.32 Å². The van der Waals surface area contributed by atoms with Gasteiger partial charge in [0.1, 0.15) is 5.75 Å². The number of phenols is 1. The summed E-state index contributed by atoms with van der Waals surface area (Å²) in [5.41, 5.74) is 1.67. The van der Waals surface area contributed by atoms with Crippen LogP contribution in [0, 0.1) is 6.92 Å². The Balaban J connectivity index is 3.27. The van der Waals surface area contributed by atoms with Crippen LogP contribution in [0.4, 0.5) is 0 Å². The Morgan fingerprint density at radius 1 is 1.53 bits per heavy atom. The first kappa shape index (κ1) is 11.7. The average Bonchev–Trinajstić information content (AvgIpc) is 2.24. The quantitative estimate of drug-likeness (QED) is 0.640. The molecule has 0 amide bonds. The second-order valence-corrected chi connectivity index (χ2v) is 3.43. The minimum Gasteiger partial charge on any atom is -0.507 e. The molecule has 82 valence electrons. The van der Waals surface area contributed by atoms with E-state index in [0.29, 0.717) is 11.8 Å². The van der Waals surface area contributed by atoms with Gasteiger partial charge in [0.05, 0.1) is 18.2 Å². The topological polar surface area (TPSA) is 69.6 Å². The van der Waals surface area contributed by atoms with Gasteiger partial charge in [-0.1, -0.05) is 6.07 Å². The second-order valence-electron chi connectivity index (χ2n) is 3.43. The van der Waals surface area contributed by atoms with E-state index in [1.54, 1.807) is 19.2 Å². The Hall–Kier alpha value is -1.39. The van der Waals surface area contributed by atoms with E-state index >= 15 is 0 Å². The molecule has 1 aromatic rings. The summed E-state index contributed by atoms with van der Waals surface area (Å²) in [4.78, 5) is 10.7.